The van der Waals surface area contributed by atoms with E-state index in [4.69, 9.17) is 11.6 Å². The standard InChI is InChI=1S/C24H25ClF3NO6S/c1-11(30)20(31)10-24(33)13-5-14(24)7-16(6-13)36(34,35)21-4-12(2-3-17(21)25)23(32)29-15-8-18(26)22(28)19(27)9-15/h2-4,8-9,11,13-14,16,20,30-31,33H,5-7,10H2,1H3,(H,29,32). The lowest BCUT2D eigenvalue weighted by atomic mass is 9.52. The molecule has 0 aliphatic heterocycles. The van der Waals surface area contributed by atoms with Gasteiger partial charge in [0.2, 0.25) is 0 Å². The van der Waals surface area contributed by atoms with Gasteiger partial charge in [0.05, 0.1) is 33.0 Å². The highest BCUT2D eigenvalue weighted by Gasteiger charge is 2.60. The van der Waals surface area contributed by atoms with Crippen molar-refractivity contribution in [2.24, 2.45) is 11.8 Å². The number of hydrogen-bond acceptors (Lipinski definition) is 6. The molecule has 36 heavy (non-hydrogen) atoms. The molecule has 0 heterocycles. The molecule has 0 radical (unpaired) electrons. The Hall–Kier alpha value is -2.18. The van der Waals surface area contributed by atoms with Crippen molar-refractivity contribution in [1.82, 2.24) is 0 Å². The molecule has 12 heteroatoms. The van der Waals surface area contributed by atoms with Gasteiger partial charge in [-0.05, 0) is 56.2 Å². The minimum absolute atomic E-state index is 0.0618. The number of hydrogen-bond donors (Lipinski definition) is 4. The van der Waals surface area contributed by atoms with Gasteiger partial charge in [0.15, 0.2) is 27.3 Å². The highest BCUT2D eigenvalue weighted by atomic mass is 35.5. The Morgan fingerprint density at radius 3 is 2.25 bits per heavy atom. The molecule has 4 atom stereocenters. The second kappa shape index (κ2) is 9.60. The molecule has 3 fully saturated rings. The number of halogens is 4. The van der Waals surface area contributed by atoms with Crippen molar-refractivity contribution in [3.05, 3.63) is 58.4 Å². The van der Waals surface area contributed by atoms with Gasteiger partial charge in [-0.1, -0.05) is 11.6 Å². The van der Waals surface area contributed by atoms with E-state index < -0.39 is 68.1 Å². The normalized spacial score (nSPS) is 27.2. The molecule has 4 N–H and O–H groups in total. The van der Waals surface area contributed by atoms with Crippen LogP contribution in [-0.2, 0) is 9.84 Å². The predicted octanol–water partition coefficient (Wildman–Crippen LogP) is 3.44. The summed E-state index contributed by atoms with van der Waals surface area (Å²) in [4.78, 5) is 12.3. The van der Waals surface area contributed by atoms with Gasteiger partial charge in [-0.3, -0.25) is 4.79 Å². The van der Waals surface area contributed by atoms with E-state index in [0.717, 1.165) is 6.07 Å². The van der Waals surface area contributed by atoms with E-state index in [9.17, 15) is 41.7 Å². The van der Waals surface area contributed by atoms with Gasteiger partial charge >= 0.3 is 0 Å². The van der Waals surface area contributed by atoms with Crippen LogP contribution in [-0.4, -0.2) is 52.7 Å². The molecule has 2 aromatic carbocycles. The third kappa shape index (κ3) is 4.74. The third-order valence-corrected chi connectivity index (χ3v) is 10.0. The molecule has 1 amide bonds. The first kappa shape index (κ1) is 26.9. The van der Waals surface area contributed by atoms with Crippen LogP contribution in [0.3, 0.4) is 0 Å². The van der Waals surface area contributed by atoms with Gasteiger partial charge < -0.3 is 20.6 Å². The number of nitrogens with one attached hydrogen (secondary N) is 1. The third-order valence-electron chi connectivity index (χ3n) is 7.35. The smallest absolute Gasteiger partial charge is 0.255 e. The van der Waals surface area contributed by atoms with Crippen molar-refractivity contribution in [1.29, 1.82) is 0 Å². The second-order valence-corrected chi connectivity index (χ2v) is 12.2. The largest absolute Gasteiger partial charge is 0.391 e. The average Bonchev–Trinajstić information content (AvgIpc) is 2.82. The van der Waals surface area contributed by atoms with Gasteiger partial charge in [-0.25, -0.2) is 21.6 Å². The molecular formula is C24H25ClF3NO6S. The van der Waals surface area contributed by atoms with Crippen molar-refractivity contribution in [3.8, 4) is 0 Å². The maximum Gasteiger partial charge on any atom is 0.255 e. The van der Waals surface area contributed by atoms with Gasteiger partial charge in [-0.2, -0.15) is 0 Å². The first-order valence-electron chi connectivity index (χ1n) is 11.3. The first-order chi connectivity index (χ1) is 16.7. The van der Waals surface area contributed by atoms with Crippen LogP contribution in [0, 0.1) is 29.3 Å². The molecule has 0 aromatic heterocycles. The quantitative estimate of drug-likeness (QED) is 0.394. The number of anilines is 1. The molecule has 0 saturated heterocycles. The summed E-state index contributed by atoms with van der Waals surface area (Å²) in [6.45, 7) is 1.41. The van der Waals surface area contributed by atoms with Crippen LogP contribution >= 0.6 is 11.6 Å². The lowest BCUT2D eigenvalue weighted by Gasteiger charge is -2.59. The number of carbonyl (C=O) groups excluding carboxylic acids is 1. The number of aliphatic hydroxyl groups excluding tert-OH is 2. The topological polar surface area (TPSA) is 124 Å². The van der Waals surface area contributed by atoms with E-state index in [1.54, 1.807) is 0 Å². The summed E-state index contributed by atoms with van der Waals surface area (Å²) >= 11 is 6.17. The molecule has 3 aliphatic carbocycles. The Morgan fingerprint density at radius 1 is 1.11 bits per heavy atom. The van der Waals surface area contributed by atoms with E-state index in [1.165, 1.54) is 19.1 Å². The number of aliphatic hydroxyl groups is 3. The van der Waals surface area contributed by atoms with E-state index >= 15 is 0 Å². The summed E-state index contributed by atoms with van der Waals surface area (Å²) in [5.74, 6) is -6.36. The lowest BCUT2D eigenvalue weighted by molar-refractivity contribution is -0.199. The number of fused-ring (bicyclic) bond motifs is 2. The van der Waals surface area contributed by atoms with Crippen molar-refractivity contribution in [3.63, 3.8) is 0 Å². The minimum atomic E-state index is -4.04. The SMILES string of the molecule is CC(O)C(O)CC1(O)C2CC1CC(S(=O)(=O)c1cc(C(=O)Nc3cc(F)c(F)c(F)c3)ccc1Cl)C2. The summed E-state index contributed by atoms with van der Waals surface area (Å²) in [5.41, 5.74) is -1.78. The monoisotopic (exact) mass is 547 g/mol. The summed E-state index contributed by atoms with van der Waals surface area (Å²) in [7, 11) is -4.04. The zero-order valence-electron chi connectivity index (χ0n) is 19.1. The van der Waals surface area contributed by atoms with Crippen molar-refractivity contribution in [2.75, 3.05) is 5.32 Å². The van der Waals surface area contributed by atoms with Crippen molar-refractivity contribution in [2.45, 2.75) is 60.6 Å². The fourth-order valence-electron chi connectivity index (χ4n) is 5.22. The fourth-order valence-corrected chi connectivity index (χ4v) is 7.62. The average molecular weight is 548 g/mol. The fraction of sp³-hybridized carbons (Fsp3) is 0.458. The zero-order chi connectivity index (χ0) is 26.6. The molecule has 196 valence electrons. The van der Waals surface area contributed by atoms with E-state index in [0.29, 0.717) is 18.6 Å². The van der Waals surface area contributed by atoms with Crippen LogP contribution in [0.2, 0.25) is 5.02 Å². The van der Waals surface area contributed by atoms with Gasteiger partial charge in [-0.15, -0.1) is 0 Å². The number of sulfone groups is 1. The molecule has 5 rings (SSSR count). The van der Waals surface area contributed by atoms with E-state index in [2.05, 4.69) is 5.32 Å². The molecule has 2 bridgehead atoms. The van der Waals surface area contributed by atoms with Crippen LogP contribution in [0.5, 0.6) is 0 Å². The van der Waals surface area contributed by atoms with Crippen LogP contribution in [0.25, 0.3) is 0 Å². The summed E-state index contributed by atoms with van der Waals surface area (Å²) < 4.78 is 67.0. The van der Waals surface area contributed by atoms with Gasteiger partial charge in [0, 0.05) is 29.8 Å². The summed E-state index contributed by atoms with van der Waals surface area (Å²) in [6.07, 6.45) is -1.42. The molecule has 3 saturated carbocycles. The summed E-state index contributed by atoms with van der Waals surface area (Å²) in [6, 6.07) is 4.70. The number of carbonyl (C=O) groups is 1. The van der Waals surface area contributed by atoms with Crippen molar-refractivity contribution < 1.29 is 41.7 Å². The van der Waals surface area contributed by atoms with Crippen LogP contribution < -0.4 is 5.32 Å². The van der Waals surface area contributed by atoms with E-state index in [1.807, 2.05) is 0 Å². The van der Waals surface area contributed by atoms with Gasteiger partial charge in [0.25, 0.3) is 5.91 Å². The maximum atomic E-state index is 13.5. The Balaban J connectivity index is 1.53. The molecule has 7 nitrogen and oxygen atoms in total. The molecule has 0 spiro atoms. The minimum Gasteiger partial charge on any atom is -0.391 e. The van der Waals surface area contributed by atoms with Crippen LogP contribution in [0.15, 0.2) is 35.2 Å². The number of rotatable bonds is 7. The Bertz CT molecular complexity index is 1270. The maximum absolute atomic E-state index is 13.5. The Morgan fingerprint density at radius 2 is 1.69 bits per heavy atom. The highest BCUT2D eigenvalue weighted by molar-refractivity contribution is 7.92. The highest BCUT2D eigenvalue weighted by Crippen LogP contribution is 2.57. The van der Waals surface area contributed by atoms with Gasteiger partial charge in [0.1, 0.15) is 0 Å². The molecular weight excluding hydrogens is 523 g/mol. The summed E-state index contributed by atoms with van der Waals surface area (Å²) in [5, 5.41) is 31.8. The predicted molar refractivity (Wildman–Crippen MR) is 125 cm³/mol. The Kier molecular flexibility index (Phi) is 7.17. The number of benzene rings is 2. The Labute approximate surface area is 210 Å². The molecule has 2 aromatic rings. The van der Waals surface area contributed by atoms with Crippen molar-refractivity contribution >= 4 is 33.0 Å². The molecule has 3 aliphatic rings. The second-order valence-electron chi connectivity index (χ2n) is 9.62. The zero-order valence-corrected chi connectivity index (χ0v) is 20.7. The number of amides is 1. The van der Waals surface area contributed by atoms with E-state index in [-0.39, 0.29) is 40.4 Å². The molecule has 4 unspecified atom stereocenters. The van der Waals surface area contributed by atoms with Crippen LogP contribution in [0.1, 0.15) is 43.0 Å². The van der Waals surface area contributed by atoms with Crippen LogP contribution in [0.4, 0.5) is 18.9 Å². The lowest BCUT2D eigenvalue weighted by Crippen LogP contribution is -2.63. The first-order valence-corrected chi connectivity index (χ1v) is 13.2.